The van der Waals surface area contributed by atoms with Crippen LogP contribution in [0.2, 0.25) is 0 Å². The number of carboxylic acids is 4. The summed E-state index contributed by atoms with van der Waals surface area (Å²) in [5, 5.41) is 38.3. The molecule has 0 aromatic heterocycles. The SMILES string of the molecule is O=C(O)CN(CCN(CC(=O)O)C(COCCc1ccccc1)C(=O)O)C(COCCc1ccccc1)C(=O)O. The molecule has 0 fully saturated rings. The van der Waals surface area contributed by atoms with Gasteiger partial charge in [-0.25, -0.2) is 0 Å². The second-order valence-electron chi connectivity index (χ2n) is 9.06. The quantitative estimate of drug-likeness (QED) is 0.161. The van der Waals surface area contributed by atoms with E-state index in [4.69, 9.17) is 9.47 Å². The summed E-state index contributed by atoms with van der Waals surface area (Å²) in [4.78, 5) is 49.3. The highest BCUT2D eigenvalue weighted by molar-refractivity contribution is 5.76. The first-order valence-corrected chi connectivity index (χ1v) is 12.8. The van der Waals surface area contributed by atoms with Crippen molar-refractivity contribution in [1.82, 2.24) is 9.80 Å². The lowest BCUT2D eigenvalue weighted by molar-refractivity contribution is -0.153. The zero-order chi connectivity index (χ0) is 29.3. The maximum atomic E-state index is 12.0. The summed E-state index contributed by atoms with van der Waals surface area (Å²) in [5.41, 5.74) is 1.98. The molecule has 0 saturated heterocycles. The van der Waals surface area contributed by atoms with Gasteiger partial charge in [-0.1, -0.05) is 60.7 Å². The molecular formula is C28H36N2O10. The second-order valence-corrected chi connectivity index (χ2v) is 9.06. The lowest BCUT2D eigenvalue weighted by Crippen LogP contribution is -2.53. The molecule has 2 atom stereocenters. The number of aliphatic carboxylic acids is 4. The van der Waals surface area contributed by atoms with E-state index in [1.807, 2.05) is 60.7 Å². The van der Waals surface area contributed by atoms with Crippen molar-refractivity contribution in [3.8, 4) is 0 Å². The average Bonchev–Trinajstić information content (AvgIpc) is 2.91. The van der Waals surface area contributed by atoms with Crippen LogP contribution in [-0.2, 0) is 41.5 Å². The molecule has 2 rings (SSSR count). The van der Waals surface area contributed by atoms with Gasteiger partial charge in [0, 0.05) is 13.1 Å². The number of ether oxygens (including phenoxy) is 2. The Labute approximate surface area is 232 Å². The van der Waals surface area contributed by atoms with E-state index in [1.54, 1.807) is 0 Å². The van der Waals surface area contributed by atoms with Crippen LogP contribution in [0.25, 0.3) is 0 Å². The zero-order valence-electron chi connectivity index (χ0n) is 22.1. The van der Waals surface area contributed by atoms with Crippen molar-refractivity contribution in [1.29, 1.82) is 0 Å². The van der Waals surface area contributed by atoms with Gasteiger partial charge in [0.2, 0.25) is 0 Å². The summed E-state index contributed by atoms with van der Waals surface area (Å²) in [6.45, 7) is -1.98. The van der Waals surface area contributed by atoms with Gasteiger partial charge < -0.3 is 29.9 Å². The van der Waals surface area contributed by atoms with Crippen LogP contribution < -0.4 is 0 Å². The van der Waals surface area contributed by atoms with Gasteiger partial charge >= 0.3 is 23.9 Å². The number of hydrogen-bond acceptors (Lipinski definition) is 8. The standard InChI is InChI=1S/C28H36N2O10/c31-25(32)17-29(23(27(35)36)19-39-15-11-21-7-3-1-4-8-21)13-14-30(18-26(33)34)24(28(37)38)20-40-16-12-22-9-5-2-6-10-22/h1-10,23-24H,11-20H2,(H,31,32)(H,33,34)(H,35,36)(H,37,38). The van der Waals surface area contributed by atoms with Crippen LogP contribution >= 0.6 is 0 Å². The smallest absolute Gasteiger partial charge is 0.323 e. The van der Waals surface area contributed by atoms with Crippen LogP contribution in [0.15, 0.2) is 60.7 Å². The van der Waals surface area contributed by atoms with Crippen molar-refractivity contribution < 1.29 is 49.1 Å². The van der Waals surface area contributed by atoms with Crippen LogP contribution in [0.5, 0.6) is 0 Å². The van der Waals surface area contributed by atoms with E-state index in [-0.39, 0.29) is 39.5 Å². The molecule has 12 heteroatoms. The molecule has 2 aromatic carbocycles. The first-order valence-electron chi connectivity index (χ1n) is 12.8. The van der Waals surface area contributed by atoms with Gasteiger partial charge in [-0.15, -0.1) is 0 Å². The highest BCUT2D eigenvalue weighted by Gasteiger charge is 2.32. The molecular weight excluding hydrogens is 524 g/mol. The van der Waals surface area contributed by atoms with Crippen LogP contribution in [0.4, 0.5) is 0 Å². The van der Waals surface area contributed by atoms with Gasteiger partial charge in [0.1, 0.15) is 12.1 Å². The molecule has 2 aromatic rings. The van der Waals surface area contributed by atoms with Crippen LogP contribution in [0.3, 0.4) is 0 Å². The number of nitrogens with zero attached hydrogens (tertiary/aromatic N) is 2. The molecule has 0 radical (unpaired) electrons. The van der Waals surface area contributed by atoms with Gasteiger partial charge in [0.05, 0.1) is 39.5 Å². The van der Waals surface area contributed by atoms with Crippen molar-refractivity contribution >= 4 is 23.9 Å². The second kappa shape index (κ2) is 17.7. The first kappa shape index (κ1) is 32.4. The fourth-order valence-corrected chi connectivity index (χ4v) is 4.02. The Morgan fingerprint density at radius 2 is 0.950 bits per heavy atom. The number of carboxylic acid groups (broad SMARTS) is 4. The minimum Gasteiger partial charge on any atom is -0.480 e. The predicted molar refractivity (Wildman–Crippen MR) is 143 cm³/mol. The lowest BCUT2D eigenvalue weighted by Gasteiger charge is -2.32. The molecule has 2 unspecified atom stereocenters. The summed E-state index contributed by atoms with van der Waals surface area (Å²) < 4.78 is 11.1. The van der Waals surface area contributed by atoms with Crippen LogP contribution in [-0.4, -0.2) is 119 Å². The molecule has 0 aliphatic carbocycles. The van der Waals surface area contributed by atoms with Gasteiger partial charge in [-0.05, 0) is 24.0 Å². The molecule has 0 amide bonds. The third-order valence-electron chi connectivity index (χ3n) is 6.11. The minimum absolute atomic E-state index is 0.210. The van der Waals surface area contributed by atoms with Crippen molar-refractivity contribution in [2.45, 2.75) is 24.9 Å². The third-order valence-corrected chi connectivity index (χ3v) is 6.11. The predicted octanol–water partition coefficient (Wildman–Crippen LogP) is 1.18. The van der Waals surface area contributed by atoms with E-state index < -0.39 is 49.1 Å². The monoisotopic (exact) mass is 560 g/mol. The summed E-state index contributed by atoms with van der Waals surface area (Å²) in [6.07, 6.45) is 1.06. The maximum Gasteiger partial charge on any atom is 0.323 e. The highest BCUT2D eigenvalue weighted by atomic mass is 16.5. The van der Waals surface area contributed by atoms with E-state index >= 15 is 0 Å². The number of rotatable bonds is 21. The zero-order valence-corrected chi connectivity index (χ0v) is 22.1. The number of hydrogen-bond donors (Lipinski definition) is 4. The first-order chi connectivity index (χ1) is 19.2. The van der Waals surface area contributed by atoms with Crippen molar-refractivity contribution in [3.63, 3.8) is 0 Å². The Hall–Kier alpha value is -3.84. The number of carbonyl (C=O) groups is 4. The number of benzene rings is 2. The van der Waals surface area contributed by atoms with Crippen molar-refractivity contribution in [3.05, 3.63) is 71.8 Å². The molecule has 40 heavy (non-hydrogen) atoms. The third kappa shape index (κ3) is 12.3. The minimum atomic E-state index is -1.34. The fraction of sp³-hybridized carbons (Fsp3) is 0.429. The van der Waals surface area contributed by atoms with E-state index in [0.717, 1.165) is 20.9 Å². The average molecular weight is 561 g/mol. The fourth-order valence-electron chi connectivity index (χ4n) is 4.02. The molecule has 0 spiro atoms. The Morgan fingerprint density at radius 1 is 0.600 bits per heavy atom. The van der Waals surface area contributed by atoms with E-state index in [9.17, 15) is 39.6 Å². The topological polar surface area (TPSA) is 174 Å². The molecule has 12 nitrogen and oxygen atoms in total. The van der Waals surface area contributed by atoms with Gasteiger partial charge in [-0.2, -0.15) is 0 Å². The van der Waals surface area contributed by atoms with E-state index in [2.05, 4.69) is 0 Å². The largest absolute Gasteiger partial charge is 0.480 e. The Kier molecular flexibility index (Phi) is 14.3. The van der Waals surface area contributed by atoms with E-state index in [0.29, 0.717) is 12.8 Å². The van der Waals surface area contributed by atoms with Crippen molar-refractivity contribution in [2.24, 2.45) is 0 Å². The Balaban J connectivity index is 2.02. The molecule has 4 N–H and O–H groups in total. The van der Waals surface area contributed by atoms with E-state index in [1.165, 1.54) is 0 Å². The van der Waals surface area contributed by atoms with Gasteiger partial charge in [0.25, 0.3) is 0 Å². The van der Waals surface area contributed by atoms with Crippen LogP contribution in [0.1, 0.15) is 11.1 Å². The molecule has 0 saturated carbocycles. The molecule has 0 heterocycles. The Bertz CT molecular complexity index is 982. The van der Waals surface area contributed by atoms with Gasteiger partial charge in [-0.3, -0.25) is 29.0 Å². The summed E-state index contributed by atoms with van der Waals surface area (Å²) >= 11 is 0. The molecule has 0 aliphatic rings. The normalized spacial score (nSPS) is 12.8. The molecule has 0 bridgehead atoms. The van der Waals surface area contributed by atoms with Crippen molar-refractivity contribution in [2.75, 3.05) is 52.6 Å². The van der Waals surface area contributed by atoms with Crippen LogP contribution in [0, 0.1) is 0 Å². The highest BCUT2D eigenvalue weighted by Crippen LogP contribution is 2.08. The molecule has 0 aliphatic heterocycles. The summed E-state index contributed by atoms with van der Waals surface area (Å²) in [5.74, 6) is -5.21. The van der Waals surface area contributed by atoms with Gasteiger partial charge in [0.15, 0.2) is 0 Å². The lowest BCUT2D eigenvalue weighted by atomic mass is 10.2. The molecule has 218 valence electrons. The summed E-state index contributed by atoms with van der Waals surface area (Å²) in [7, 11) is 0. The Morgan fingerprint density at radius 3 is 1.25 bits per heavy atom. The maximum absolute atomic E-state index is 12.0. The summed E-state index contributed by atoms with van der Waals surface area (Å²) in [6, 6.07) is 16.1.